The van der Waals surface area contributed by atoms with Crippen LogP contribution in [-0.2, 0) is 9.53 Å². The van der Waals surface area contributed by atoms with Gasteiger partial charge in [0.2, 0.25) is 0 Å². The van der Waals surface area contributed by atoms with E-state index in [-0.39, 0.29) is 23.3 Å². The first-order valence-electron chi connectivity index (χ1n) is 8.27. The summed E-state index contributed by atoms with van der Waals surface area (Å²) in [4.78, 5) is 11.4. The molecule has 2 rings (SSSR count). The Morgan fingerprint density at radius 2 is 1.92 bits per heavy atom. The second-order valence-electron chi connectivity index (χ2n) is 6.36. The number of benzene rings is 1. The Hall–Kier alpha value is -2.75. The summed E-state index contributed by atoms with van der Waals surface area (Å²) in [5, 5.41) is 19.4. The van der Waals surface area contributed by atoms with Gasteiger partial charge in [0, 0.05) is 24.8 Å². The first-order valence-corrected chi connectivity index (χ1v) is 8.27. The van der Waals surface area contributed by atoms with Crippen molar-refractivity contribution >= 4 is 12.0 Å². The molecule has 4 heteroatoms. The van der Waals surface area contributed by atoms with Crippen molar-refractivity contribution in [2.45, 2.75) is 26.7 Å². The molecule has 1 aromatic rings. The average molecular weight is 340 g/mol. The van der Waals surface area contributed by atoms with Gasteiger partial charge in [-0.2, -0.15) is 0 Å². The van der Waals surface area contributed by atoms with Gasteiger partial charge in [-0.15, -0.1) is 6.58 Å². The molecule has 132 valence electrons. The van der Waals surface area contributed by atoms with Crippen molar-refractivity contribution in [1.82, 2.24) is 0 Å². The summed E-state index contributed by atoms with van der Waals surface area (Å²) < 4.78 is 5.33. The summed E-state index contributed by atoms with van der Waals surface area (Å²) in [6.45, 7) is 7.25. The summed E-state index contributed by atoms with van der Waals surface area (Å²) in [6, 6.07) is 6.86. The van der Waals surface area contributed by atoms with Crippen LogP contribution < -0.4 is 0 Å². The number of carbonyl (C=O) groups excluding carboxylic acids is 1. The third kappa shape index (κ3) is 5.68. The van der Waals surface area contributed by atoms with Crippen molar-refractivity contribution in [2.75, 3.05) is 0 Å². The maximum atomic E-state index is 11.4. The van der Waals surface area contributed by atoms with E-state index in [2.05, 4.69) is 6.58 Å². The van der Waals surface area contributed by atoms with Crippen LogP contribution in [0.1, 0.15) is 32.3 Å². The van der Waals surface area contributed by atoms with Gasteiger partial charge in [-0.3, -0.25) is 4.79 Å². The number of aromatic hydroxyl groups is 1. The highest BCUT2D eigenvalue weighted by molar-refractivity contribution is 5.67. The molecule has 0 bridgehead atoms. The molecule has 1 aromatic carbocycles. The van der Waals surface area contributed by atoms with Gasteiger partial charge in [-0.1, -0.05) is 29.9 Å². The van der Waals surface area contributed by atoms with Crippen LogP contribution in [0.2, 0.25) is 0 Å². The van der Waals surface area contributed by atoms with Crippen molar-refractivity contribution in [1.29, 1.82) is 0 Å². The minimum absolute atomic E-state index is 0.0511. The number of rotatable bonds is 6. The Morgan fingerprint density at radius 1 is 1.24 bits per heavy atom. The molecule has 0 aliphatic heterocycles. The third-order valence-corrected chi connectivity index (χ3v) is 4.03. The SMILES string of the molecule is C=C(C)CCC1C(OC(C)=O)=CC(O)=CC1C=Cc1ccc(O)cc1. The van der Waals surface area contributed by atoms with Crippen LogP contribution in [0.5, 0.6) is 5.75 Å². The van der Waals surface area contributed by atoms with E-state index >= 15 is 0 Å². The maximum absolute atomic E-state index is 11.4. The molecule has 2 unspecified atom stereocenters. The summed E-state index contributed by atoms with van der Waals surface area (Å²) in [5.74, 6) is 0.226. The topological polar surface area (TPSA) is 66.8 Å². The molecule has 25 heavy (non-hydrogen) atoms. The molecule has 1 aliphatic rings. The van der Waals surface area contributed by atoms with Crippen LogP contribution in [0.4, 0.5) is 0 Å². The number of carbonyl (C=O) groups is 1. The molecule has 0 spiro atoms. The first-order chi connectivity index (χ1) is 11.8. The lowest BCUT2D eigenvalue weighted by atomic mass is 9.81. The number of aliphatic hydroxyl groups excluding tert-OH is 1. The Labute approximate surface area is 148 Å². The Balaban J connectivity index is 2.24. The fourth-order valence-corrected chi connectivity index (χ4v) is 2.81. The van der Waals surface area contributed by atoms with Gasteiger partial charge in [-0.05, 0) is 43.5 Å². The van der Waals surface area contributed by atoms with E-state index < -0.39 is 5.97 Å². The van der Waals surface area contributed by atoms with Crippen LogP contribution >= 0.6 is 0 Å². The molecular weight excluding hydrogens is 316 g/mol. The van der Waals surface area contributed by atoms with Crippen LogP contribution in [0.25, 0.3) is 6.08 Å². The monoisotopic (exact) mass is 340 g/mol. The van der Waals surface area contributed by atoms with Crippen molar-refractivity contribution in [2.24, 2.45) is 11.8 Å². The number of aliphatic hydroxyl groups is 1. The van der Waals surface area contributed by atoms with Gasteiger partial charge in [0.1, 0.15) is 17.3 Å². The number of hydrogen-bond acceptors (Lipinski definition) is 4. The molecule has 0 aromatic heterocycles. The zero-order valence-corrected chi connectivity index (χ0v) is 14.6. The van der Waals surface area contributed by atoms with E-state index in [4.69, 9.17) is 4.74 Å². The lowest BCUT2D eigenvalue weighted by Crippen LogP contribution is -2.21. The molecular formula is C21H24O4. The quantitative estimate of drug-likeness (QED) is 0.571. The molecule has 0 radical (unpaired) electrons. The number of phenolic OH excluding ortho intramolecular Hbond substituents is 1. The molecule has 2 N–H and O–H groups in total. The number of esters is 1. The van der Waals surface area contributed by atoms with Gasteiger partial charge < -0.3 is 14.9 Å². The lowest BCUT2D eigenvalue weighted by molar-refractivity contribution is -0.137. The molecule has 0 amide bonds. The standard InChI is InChI=1S/C21H24O4/c1-14(2)4-11-20-17(8-5-16-6-9-18(23)10-7-16)12-19(24)13-21(20)25-15(3)22/h5-10,12-13,17,20,23-24H,1,4,11H2,2-3H3. The Kier molecular flexibility index (Phi) is 6.23. The van der Waals surface area contributed by atoms with Crippen molar-refractivity contribution in [3.8, 4) is 5.75 Å². The van der Waals surface area contributed by atoms with Gasteiger partial charge in [0.15, 0.2) is 0 Å². The van der Waals surface area contributed by atoms with Crippen LogP contribution in [-0.4, -0.2) is 16.2 Å². The van der Waals surface area contributed by atoms with Gasteiger partial charge in [-0.25, -0.2) is 0 Å². The second kappa shape index (κ2) is 8.38. The normalized spacial score (nSPS) is 20.1. The Morgan fingerprint density at radius 3 is 2.52 bits per heavy atom. The lowest BCUT2D eigenvalue weighted by Gasteiger charge is -2.27. The number of ether oxygens (including phenoxy) is 1. The fraction of sp³-hybridized carbons (Fsp3) is 0.286. The summed E-state index contributed by atoms with van der Waals surface area (Å²) in [5.41, 5.74) is 2.00. The van der Waals surface area contributed by atoms with E-state index in [1.54, 1.807) is 18.2 Å². The maximum Gasteiger partial charge on any atom is 0.307 e. The van der Waals surface area contributed by atoms with E-state index in [0.717, 1.165) is 24.0 Å². The molecule has 1 aliphatic carbocycles. The molecule has 0 saturated heterocycles. The van der Waals surface area contributed by atoms with Crippen LogP contribution in [0.3, 0.4) is 0 Å². The second-order valence-corrected chi connectivity index (χ2v) is 6.36. The summed E-state index contributed by atoms with van der Waals surface area (Å²) >= 11 is 0. The predicted octanol–water partition coefficient (Wildman–Crippen LogP) is 4.90. The summed E-state index contributed by atoms with van der Waals surface area (Å²) in [7, 11) is 0. The largest absolute Gasteiger partial charge is 0.508 e. The zero-order valence-electron chi connectivity index (χ0n) is 14.6. The third-order valence-electron chi connectivity index (χ3n) is 4.03. The van der Waals surface area contributed by atoms with Crippen molar-refractivity contribution < 1.29 is 19.7 Å². The predicted molar refractivity (Wildman–Crippen MR) is 98.7 cm³/mol. The zero-order chi connectivity index (χ0) is 18.4. The highest BCUT2D eigenvalue weighted by atomic mass is 16.5. The van der Waals surface area contributed by atoms with Gasteiger partial charge in [0.25, 0.3) is 0 Å². The smallest absolute Gasteiger partial charge is 0.307 e. The van der Waals surface area contributed by atoms with Crippen LogP contribution in [0, 0.1) is 11.8 Å². The van der Waals surface area contributed by atoms with Gasteiger partial charge in [0.05, 0.1) is 0 Å². The Bertz CT molecular complexity index is 723. The van der Waals surface area contributed by atoms with Gasteiger partial charge >= 0.3 is 5.97 Å². The molecule has 0 saturated carbocycles. The highest BCUT2D eigenvalue weighted by Crippen LogP contribution is 2.35. The average Bonchev–Trinajstić information content (AvgIpc) is 2.52. The minimum atomic E-state index is -0.400. The van der Waals surface area contributed by atoms with Crippen molar-refractivity contribution in [3.63, 3.8) is 0 Å². The molecule has 2 atom stereocenters. The minimum Gasteiger partial charge on any atom is -0.508 e. The number of hydrogen-bond donors (Lipinski definition) is 2. The van der Waals surface area contributed by atoms with E-state index in [1.807, 2.05) is 31.2 Å². The summed E-state index contributed by atoms with van der Waals surface area (Å²) in [6.07, 6.45) is 8.74. The molecule has 0 fully saturated rings. The molecule has 4 nitrogen and oxygen atoms in total. The van der Waals surface area contributed by atoms with Crippen molar-refractivity contribution in [3.05, 3.63) is 71.7 Å². The van der Waals surface area contributed by atoms with E-state index in [9.17, 15) is 15.0 Å². The first kappa shape index (κ1) is 18.6. The van der Waals surface area contributed by atoms with E-state index in [1.165, 1.54) is 13.0 Å². The number of allylic oxidation sites excluding steroid dienone is 5. The van der Waals surface area contributed by atoms with Crippen LogP contribution in [0.15, 0.2) is 66.2 Å². The highest BCUT2D eigenvalue weighted by Gasteiger charge is 2.28. The van der Waals surface area contributed by atoms with E-state index in [0.29, 0.717) is 5.76 Å². The molecule has 0 heterocycles. The number of phenols is 1. The fourth-order valence-electron chi connectivity index (χ4n) is 2.81.